The van der Waals surface area contributed by atoms with E-state index in [9.17, 15) is 4.79 Å². The average molecular weight is 447 g/mol. The van der Waals surface area contributed by atoms with Crippen molar-refractivity contribution >= 4 is 14.3 Å². The summed E-state index contributed by atoms with van der Waals surface area (Å²) >= 11 is 0. The van der Waals surface area contributed by atoms with E-state index in [1.165, 1.54) is 0 Å². The topological polar surface area (TPSA) is 54.0 Å². The third-order valence-electron chi connectivity index (χ3n) is 6.13. The molecular weight excluding hydrogens is 408 g/mol. The van der Waals surface area contributed by atoms with Gasteiger partial charge in [0.25, 0.3) is 0 Å². The molecule has 2 rings (SSSR count). The molecule has 0 amide bonds. The lowest BCUT2D eigenvalue weighted by atomic mass is 10.1. The number of hydrogen-bond acceptors (Lipinski definition) is 5. The Morgan fingerprint density at radius 1 is 1.06 bits per heavy atom. The van der Waals surface area contributed by atoms with E-state index in [2.05, 4.69) is 47.5 Å². The van der Waals surface area contributed by atoms with Gasteiger partial charge in [0.2, 0.25) is 8.32 Å². The highest BCUT2D eigenvalue weighted by molar-refractivity contribution is 6.77. The fourth-order valence-corrected chi connectivity index (χ4v) is 10.3. The van der Waals surface area contributed by atoms with E-state index in [-0.39, 0.29) is 6.61 Å². The SMILES string of the molecule is C#CC1OC(C)(C)O[C@@H]1[C@@H](CO[Si](C(C)C)(C(C)C)C(C)C)OC(=O)c1ccccc1. The Hall–Kier alpha value is -1.65. The van der Waals surface area contributed by atoms with Crippen LogP contribution in [-0.2, 0) is 18.6 Å². The molecule has 6 heteroatoms. The average Bonchev–Trinajstić information content (AvgIpc) is 3.01. The van der Waals surface area contributed by atoms with E-state index >= 15 is 0 Å². The fourth-order valence-electron chi connectivity index (χ4n) is 4.89. The Labute approximate surface area is 188 Å². The van der Waals surface area contributed by atoms with E-state index in [0.717, 1.165) is 0 Å². The van der Waals surface area contributed by atoms with Crippen molar-refractivity contribution in [3.8, 4) is 12.3 Å². The quantitative estimate of drug-likeness (QED) is 0.282. The van der Waals surface area contributed by atoms with Crippen LogP contribution in [0.3, 0.4) is 0 Å². The fraction of sp³-hybridized carbons (Fsp3) is 0.640. The summed E-state index contributed by atoms with van der Waals surface area (Å²) in [7, 11) is -2.18. The summed E-state index contributed by atoms with van der Waals surface area (Å²) in [5.41, 5.74) is 1.68. The highest BCUT2D eigenvalue weighted by Crippen LogP contribution is 2.43. The molecule has 0 bridgehead atoms. The zero-order valence-electron chi connectivity index (χ0n) is 20.2. The molecule has 0 spiro atoms. The second kappa shape index (κ2) is 10.3. The Kier molecular flexibility index (Phi) is 8.52. The third kappa shape index (κ3) is 5.78. The predicted octanol–water partition coefficient (Wildman–Crippen LogP) is 5.56. The first-order chi connectivity index (χ1) is 14.4. The second-order valence-corrected chi connectivity index (χ2v) is 15.1. The molecule has 1 fully saturated rings. The van der Waals surface area contributed by atoms with E-state index < -0.39 is 38.4 Å². The van der Waals surface area contributed by atoms with Crippen LogP contribution in [0, 0.1) is 12.3 Å². The van der Waals surface area contributed by atoms with Crippen molar-refractivity contribution in [2.75, 3.05) is 6.61 Å². The van der Waals surface area contributed by atoms with Crippen LogP contribution in [0.1, 0.15) is 65.7 Å². The Bertz CT molecular complexity index is 744. The zero-order chi connectivity index (χ0) is 23.4. The first-order valence-electron chi connectivity index (χ1n) is 11.2. The van der Waals surface area contributed by atoms with Crippen molar-refractivity contribution in [3.63, 3.8) is 0 Å². The van der Waals surface area contributed by atoms with Crippen LogP contribution in [0.15, 0.2) is 30.3 Å². The zero-order valence-corrected chi connectivity index (χ0v) is 21.2. The van der Waals surface area contributed by atoms with E-state index in [4.69, 9.17) is 25.1 Å². The molecule has 1 saturated heterocycles. The van der Waals surface area contributed by atoms with Gasteiger partial charge in [-0.25, -0.2) is 4.79 Å². The molecule has 1 aliphatic rings. The molecule has 5 nitrogen and oxygen atoms in total. The molecule has 1 aliphatic heterocycles. The predicted molar refractivity (Wildman–Crippen MR) is 125 cm³/mol. The van der Waals surface area contributed by atoms with E-state index in [1.807, 2.05) is 19.9 Å². The summed E-state index contributed by atoms with van der Waals surface area (Å²) in [6.07, 6.45) is 3.81. The highest BCUT2D eigenvalue weighted by Gasteiger charge is 2.49. The lowest BCUT2D eigenvalue weighted by Gasteiger charge is -2.43. The van der Waals surface area contributed by atoms with Crippen LogP contribution < -0.4 is 0 Å². The molecule has 0 aliphatic carbocycles. The summed E-state index contributed by atoms with van der Waals surface area (Å²) in [6.45, 7) is 17.2. The molecule has 0 N–H and O–H groups in total. The number of benzene rings is 1. The molecule has 3 atom stereocenters. The molecule has 0 aromatic heterocycles. The minimum atomic E-state index is -2.18. The maximum absolute atomic E-state index is 12.9. The molecule has 31 heavy (non-hydrogen) atoms. The maximum atomic E-state index is 12.9. The van der Waals surface area contributed by atoms with Gasteiger partial charge in [-0.15, -0.1) is 6.42 Å². The summed E-state index contributed by atoms with van der Waals surface area (Å²) in [6, 6.07) is 8.92. The van der Waals surface area contributed by atoms with Crippen LogP contribution in [0.5, 0.6) is 0 Å². The number of terminal acetylenes is 1. The lowest BCUT2D eigenvalue weighted by molar-refractivity contribution is -0.156. The van der Waals surface area contributed by atoms with Gasteiger partial charge in [0.15, 0.2) is 18.0 Å². The molecule has 1 aromatic rings. The van der Waals surface area contributed by atoms with Crippen LogP contribution in [0.4, 0.5) is 0 Å². The van der Waals surface area contributed by atoms with Gasteiger partial charge in [-0.2, -0.15) is 0 Å². The van der Waals surface area contributed by atoms with Gasteiger partial charge in [-0.05, 0) is 42.6 Å². The van der Waals surface area contributed by atoms with Crippen LogP contribution in [0.2, 0.25) is 16.6 Å². The smallest absolute Gasteiger partial charge is 0.338 e. The number of esters is 1. The monoisotopic (exact) mass is 446 g/mol. The van der Waals surface area contributed by atoms with Gasteiger partial charge in [0.1, 0.15) is 6.10 Å². The van der Waals surface area contributed by atoms with Crippen molar-refractivity contribution < 1.29 is 23.4 Å². The standard InChI is InChI=1S/C25H38O5Si/c1-10-21-23(30-25(8,9)29-21)22(28-24(26)20-14-12-11-13-15-20)16-27-31(17(2)3,18(4)5)19(6)7/h1,11-15,17-19,21-23H,16H2,2-9H3/t21?,22-,23+/m1/s1. The largest absolute Gasteiger partial charge is 0.453 e. The lowest BCUT2D eigenvalue weighted by Crippen LogP contribution is -2.51. The Balaban J connectivity index is 2.33. The van der Waals surface area contributed by atoms with Gasteiger partial charge in [-0.1, -0.05) is 65.7 Å². The number of rotatable bonds is 9. The molecule has 1 aromatic carbocycles. The van der Waals surface area contributed by atoms with Crippen LogP contribution >= 0.6 is 0 Å². The molecular formula is C25H38O5Si. The summed E-state index contributed by atoms with van der Waals surface area (Å²) in [4.78, 5) is 12.9. The van der Waals surface area contributed by atoms with Crippen molar-refractivity contribution in [2.24, 2.45) is 0 Å². The highest BCUT2D eigenvalue weighted by atomic mass is 28.4. The molecule has 0 radical (unpaired) electrons. The number of carbonyl (C=O) groups is 1. The van der Waals surface area contributed by atoms with Gasteiger partial charge >= 0.3 is 5.97 Å². The van der Waals surface area contributed by atoms with E-state index in [0.29, 0.717) is 22.2 Å². The van der Waals surface area contributed by atoms with Crippen LogP contribution in [0.25, 0.3) is 0 Å². The Morgan fingerprint density at radius 3 is 2.10 bits per heavy atom. The molecule has 1 heterocycles. The van der Waals surface area contributed by atoms with E-state index in [1.54, 1.807) is 24.3 Å². The number of carbonyl (C=O) groups excluding carboxylic acids is 1. The first kappa shape index (κ1) is 25.6. The maximum Gasteiger partial charge on any atom is 0.338 e. The van der Waals surface area contributed by atoms with Gasteiger partial charge < -0.3 is 18.6 Å². The molecule has 172 valence electrons. The van der Waals surface area contributed by atoms with Crippen molar-refractivity contribution in [3.05, 3.63) is 35.9 Å². The molecule has 1 unspecified atom stereocenters. The third-order valence-corrected chi connectivity index (χ3v) is 12.2. The van der Waals surface area contributed by atoms with Gasteiger partial charge in [0.05, 0.1) is 12.2 Å². The number of hydrogen-bond donors (Lipinski definition) is 0. The number of ether oxygens (including phenoxy) is 3. The van der Waals surface area contributed by atoms with Gasteiger partial charge in [0, 0.05) is 0 Å². The van der Waals surface area contributed by atoms with Crippen molar-refractivity contribution in [2.45, 2.75) is 96.1 Å². The van der Waals surface area contributed by atoms with Crippen LogP contribution in [-0.4, -0.2) is 45.0 Å². The minimum Gasteiger partial charge on any atom is -0.453 e. The normalized spacial score (nSPS) is 22.0. The second-order valence-electron chi connectivity index (χ2n) is 9.63. The van der Waals surface area contributed by atoms with Crippen molar-refractivity contribution in [1.29, 1.82) is 0 Å². The first-order valence-corrected chi connectivity index (χ1v) is 13.3. The minimum absolute atomic E-state index is 0.224. The summed E-state index contributed by atoms with van der Waals surface area (Å²) in [5.74, 6) is 1.36. The van der Waals surface area contributed by atoms with Gasteiger partial charge in [-0.3, -0.25) is 0 Å². The Morgan fingerprint density at radius 2 is 1.61 bits per heavy atom. The van der Waals surface area contributed by atoms with Crippen molar-refractivity contribution in [1.82, 2.24) is 0 Å². The summed E-state index contributed by atoms with van der Waals surface area (Å²) in [5, 5.41) is 0. The molecule has 0 saturated carbocycles. The summed E-state index contributed by atoms with van der Waals surface area (Å²) < 4.78 is 24.6.